The van der Waals surface area contributed by atoms with Gasteiger partial charge in [-0.3, -0.25) is 4.98 Å². The number of hydrogen-bond donors (Lipinski definition) is 0. The van der Waals surface area contributed by atoms with E-state index in [-0.39, 0.29) is 25.8 Å². The maximum Gasteiger partial charge on any atom is 0.216 e. The van der Waals surface area contributed by atoms with Gasteiger partial charge in [0, 0.05) is 46.4 Å². The largest absolute Gasteiger partial charge is 0.486 e. The number of furan rings is 1. The quantitative estimate of drug-likeness (QED) is 0.165. The summed E-state index contributed by atoms with van der Waals surface area (Å²) >= 11 is 1.86. The normalized spacial score (nSPS) is 13.9. The number of pyridine rings is 3. The van der Waals surface area contributed by atoms with Crippen LogP contribution in [0.3, 0.4) is 0 Å². The topological polar surface area (TPSA) is 51.8 Å². The van der Waals surface area contributed by atoms with E-state index in [4.69, 9.17) is 13.5 Å². The van der Waals surface area contributed by atoms with E-state index in [2.05, 4.69) is 67.1 Å². The van der Waals surface area contributed by atoms with Gasteiger partial charge in [0.2, 0.25) is 5.71 Å². The Kier molecular flexibility index (Phi) is 7.26. The Hall–Kier alpha value is -3.70. The Morgan fingerprint density at radius 3 is 2.58 bits per heavy atom. The van der Waals surface area contributed by atoms with Crippen LogP contribution in [0.1, 0.15) is 49.8 Å². The summed E-state index contributed by atoms with van der Waals surface area (Å²) in [5.41, 5.74) is 10.9. The van der Waals surface area contributed by atoms with E-state index >= 15 is 0 Å². The van der Waals surface area contributed by atoms with Crippen LogP contribution in [0.25, 0.3) is 54.8 Å². The number of hydrogen-bond acceptors (Lipinski definition) is 5. The second kappa shape index (κ2) is 12.1. The first-order valence-electron chi connectivity index (χ1n) is 15.7. The van der Waals surface area contributed by atoms with E-state index in [9.17, 15) is 0 Å². The van der Waals surface area contributed by atoms with Gasteiger partial charge in [-0.15, -0.1) is 64.9 Å². The zero-order chi connectivity index (χ0) is 31.3. The Labute approximate surface area is 273 Å². The number of aryl methyl sites for hydroxylation is 6. The van der Waals surface area contributed by atoms with Gasteiger partial charge >= 0.3 is 0 Å². The predicted octanol–water partition coefficient (Wildman–Crippen LogP) is 9.72. The van der Waals surface area contributed by atoms with Gasteiger partial charge in [-0.25, -0.2) is 4.98 Å². The summed E-state index contributed by atoms with van der Waals surface area (Å²) in [6.07, 6.45) is 6.62. The summed E-state index contributed by atoms with van der Waals surface area (Å²) in [4.78, 5) is 15.1. The summed E-state index contributed by atoms with van der Waals surface area (Å²) < 4.78 is 30.1. The molecule has 0 bridgehead atoms. The maximum absolute atomic E-state index is 7.61. The second-order valence-corrected chi connectivity index (χ2v) is 12.1. The summed E-state index contributed by atoms with van der Waals surface area (Å²) in [6, 6.07) is 26.0. The van der Waals surface area contributed by atoms with E-state index in [0.29, 0.717) is 11.3 Å². The minimum atomic E-state index is -2.27. The average molecular weight is 761 g/mol. The van der Waals surface area contributed by atoms with Crippen LogP contribution in [-0.4, -0.2) is 15.0 Å². The van der Waals surface area contributed by atoms with E-state index < -0.39 is 6.85 Å². The van der Waals surface area contributed by atoms with Crippen LogP contribution in [0.4, 0.5) is 0 Å². The SMILES string of the molecule is Cc1c[c-]c(-c2cc(C)c(C)cn2)cc1.[2H]C([2H])([2H])c1ccc2c(n1)oc1c(-c3ccc4sc5c(c4n3)CCCC5)[c-]ccc12.[Ir]. The average Bonchev–Trinajstić information content (AvgIpc) is 3.60. The van der Waals surface area contributed by atoms with Gasteiger partial charge in [-0.1, -0.05) is 35.6 Å². The predicted molar refractivity (Wildman–Crippen MR) is 173 cm³/mol. The molecule has 4 nitrogen and oxygen atoms in total. The van der Waals surface area contributed by atoms with Gasteiger partial charge in [-0.05, 0) is 87.1 Å². The molecule has 8 rings (SSSR count). The van der Waals surface area contributed by atoms with Gasteiger partial charge in [-0.2, -0.15) is 0 Å². The van der Waals surface area contributed by atoms with Crippen LogP contribution >= 0.6 is 11.3 Å². The summed E-state index contributed by atoms with van der Waals surface area (Å²) in [7, 11) is 0. The Morgan fingerprint density at radius 2 is 1.77 bits per heavy atom. The molecular formula is C37H31IrN3OS-2. The molecule has 0 spiro atoms. The van der Waals surface area contributed by atoms with Crippen LogP contribution in [0, 0.1) is 39.8 Å². The monoisotopic (exact) mass is 761 g/mol. The third-order valence-electron chi connectivity index (χ3n) is 7.97. The first-order valence-corrected chi connectivity index (χ1v) is 15.1. The van der Waals surface area contributed by atoms with Crippen molar-refractivity contribution >= 4 is 43.6 Å². The van der Waals surface area contributed by atoms with E-state index in [1.807, 2.05) is 41.8 Å². The summed E-state index contributed by atoms with van der Waals surface area (Å²) in [5.74, 6) is 0. The zero-order valence-corrected chi connectivity index (χ0v) is 27.4. The van der Waals surface area contributed by atoms with Crippen LogP contribution < -0.4 is 0 Å². The van der Waals surface area contributed by atoms with Crippen molar-refractivity contribution in [3.05, 3.63) is 112 Å². The fourth-order valence-corrected chi connectivity index (χ4v) is 6.74. The molecule has 1 radical (unpaired) electrons. The molecule has 0 fully saturated rings. The first-order chi connectivity index (χ1) is 21.7. The van der Waals surface area contributed by atoms with Crippen molar-refractivity contribution in [3.8, 4) is 22.5 Å². The minimum Gasteiger partial charge on any atom is -0.486 e. The molecule has 0 unspecified atom stereocenters. The molecule has 0 N–H and O–H groups in total. The first kappa shape index (κ1) is 25.8. The van der Waals surface area contributed by atoms with Crippen molar-refractivity contribution < 1.29 is 28.6 Å². The number of nitrogens with zero attached hydrogens (tertiary/aromatic N) is 3. The van der Waals surface area contributed by atoms with Gasteiger partial charge in [0.1, 0.15) is 0 Å². The molecule has 5 heterocycles. The van der Waals surface area contributed by atoms with Crippen LogP contribution in [-0.2, 0) is 32.9 Å². The molecular weight excluding hydrogens is 727 g/mol. The molecule has 0 saturated heterocycles. The molecule has 0 aliphatic heterocycles. The number of rotatable bonds is 2. The van der Waals surface area contributed by atoms with Crippen LogP contribution in [0.2, 0.25) is 0 Å². The molecule has 7 aromatic rings. The van der Waals surface area contributed by atoms with Gasteiger partial charge in [0.05, 0.1) is 15.8 Å². The number of aromatic nitrogens is 3. The fraction of sp³-hybridized carbons (Fsp3) is 0.216. The number of benzene rings is 2. The molecule has 1 aliphatic carbocycles. The molecule has 43 heavy (non-hydrogen) atoms. The van der Waals surface area contributed by atoms with Crippen molar-refractivity contribution in [2.75, 3.05) is 0 Å². The number of fused-ring (bicyclic) bond motifs is 6. The van der Waals surface area contributed by atoms with Crippen molar-refractivity contribution in [1.82, 2.24) is 15.0 Å². The van der Waals surface area contributed by atoms with Gasteiger partial charge in [0.15, 0.2) is 0 Å². The summed E-state index contributed by atoms with van der Waals surface area (Å²) in [5, 5.41) is 1.68. The standard InChI is InChI=1S/C23H17N2OS.C14H14N.Ir/c1-13-9-10-15-14-6-4-7-16(22(14)26-23(15)24-13)18-11-12-20-21(25-18)17-5-2-3-8-19(17)27-20;1-10-4-6-13(7-5-10)14-8-11(2)12(3)9-15-14;/h4,6,9-12H,2-3,5,8H2,1H3;4-6,8-9H,1-3H3;/q2*-1;/i1D3;;. The van der Waals surface area contributed by atoms with Crippen LogP contribution in [0.15, 0.2) is 71.3 Å². The molecule has 0 saturated carbocycles. The Bertz CT molecular complexity index is 2200. The summed E-state index contributed by atoms with van der Waals surface area (Å²) in [6.45, 7) is 3.97. The van der Waals surface area contributed by atoms with E-state index in [1.54, 1.807) is 12.1 Å². The molecule has 217 valence electrons. The van der Waals surface area contributed by atoms with Gasteiger partial charge in [0.25, 0.3) is 0 Å². The molecule has 6 heteroatoms. The van der Waals surface area contributed by atoms with E-state index in [1.165, 1.54) is 44.7 Å². The van der Waals surface area contributed by atoms with Crippen molar-refractivity contribution in [3.63, 3.8) is 0 Å². The number of thiophene rings is 1. The molecule has 5 aromatic heterocycles. The van der Waals surface area contributed by atoms with Crippen LogP contribution in [0.5, 0.6) is 0 Å². The Balaban J connectivity index is 0.000000197. The Morgan fingerprint density at radius 1 is 0.884 bits per heavy atom. The second-order valence-electron chi connectivity index (χ2n) is 10.9. The molecule has 2 aromatic carbocycles. The van der Waals surface area contributed by atoms with Crippen molar-refractivity contribution in [2.45, 2.75) is 53.3 Å². The van der Waals surface area contributed by atoms with Crippen molar-refractivity contribution in [1.29, 1.82) is 0 Å². The molecule has 0 atom stereocenters. The van der Waals surface area contributed by atoms with E-state index in [0.717, 1.165) is 51.6 Å². The third kappa shape index (κ3) is 5.68. The minimum absolute atomic E-state index is 0. The third-order valence-corrected chi connectivity index (χ3v) is 9.21. The van der Waals surface area contributed by atoms with Gasteiger partial charge < -0.3 is 9.40 Å². The fourth-order valence-electron chi connectivity index (χ4n) is 5.50. The molecule has 1 aliphatic rings. The maximum atomic E-state index is 7.61. The molecule has 0 amide bonds. The smallest absolute Gasteiger partial charge is 0.216 e. The van der Waals surface area contributed by atoms with Crippen molar-refractivity contribution in [2.24, 2.45) is 0 Å². The zero-order valence-electron chi connectivity index (χ0n) is 27.2.